The molecule has 88 valence electrons. The lowest BCUT2D eigenvalue weighted by molar-refractivity contribution is 0.0993. The SMILES string of the molecule is COc1cccc(N2CCOCC2CCl)n1. The van der Waals surface area contributed by atoms with E-state index < -0.39 is 0 Å². The largest absolute Gasteiger partial charge is 0.481 e. The molecule has 16 heavy (non-hydrogen) atoms. The molecule has 5 heteroatoms. The Bertz CT molecular complexity index is 349. The molecule has 1 atom stereocenters. The highest BCUT2D eigenvalue weighted by atomic mass is 35.5. The van der Waals surface area contributed by atoms with Gasteiger partial charge in [0.05, 0.1) is 26.4 Å². The molecule has 0 spiro atoms. The van der Waals surface area contributed by atoms with Gasteiger partial charge in [-0.05, 0) is 6.07 Å². The number of hydrogen-bond donors (Lipinski definition) is 0. The summed E-state index contributed by atoms with van der Waals surface area (Å²) < 4.78 is 10.5. The zero-order valence-electron chi connectivity index (χ0n) is 9.23. The fraction of sp³-hybridized carbons (Fsp3) is 0.545. The summed E-state index contributed by atoms with van der Waals surface area (Å²) >= 11 is 5.92. The number of halogens is 1. The minimum atomic E-state index is 0.190. The van der Waals surface area contributed by atoms with Crippen LogP contribution in [-0.4, -0.2) is 43.8 Å². The van der Waals surface area contributed by atoms with Gasteiger partial charge < -0.3 is 14.4 Å². The maximum absolute atomic E-state index is 5.92. The Morgan fingerprint density at radius 2 is 2.50 bits per heavy atom. The quantitative estimate of drug-likeness (QED) is 0.753. The van der Waals surface area contributed by atoms with Gasteiger partial charge in [0.1, 0.15) is 5.82 Å². The van der Waals surface area contributed by atoms with E-state index in [1.165, 1.54) is 0 Å². The molecule has 1 aliphatic heterocycles. The van der Waals surface area contributed by atoms with Crippen LogP contribution in [0.5, 0.6) is 5.88 Å². The molecule has 1 aromatic rings. The number of hydrogen-bond acceptors (Lipinski definition) is 4. The average molecular weight is 243 g/mol. The monoisotopic (exact) mass is 242 g/mol. The van der Waals surface area contributed by atoms with Gasteiger partial charge >= 0.3 is 0 Å². The normalized spacial score (nSPS) is 20.9. The van der Waals surface area contributed by atoms with Crippen molar-refractivity contribution < 1.29 is 9.47 Å². The highest BCUT2D eigenvalue weighted by molar-refractivity contribution is 6.18. The third-order valence-corrected chi connectivity index (χ3v) is 2.97. The second-order valence-corrected chi connectivity index (χ2v) is 3.92. The molecule has 0 N–H and O–H groups in total. The molecule has 0 amide bonds. The van der Waals surface area contributed by atoms with Gasteiger partial charge in [-0.25, -0.2) is 0 Å². The maximum Gasteiger partial charge on any atom is 0.214 e. The van der Waals surface area contributed by atoms with E-state index >= 15 is 0 Å². The van der Waals surface area contributed by atoms with Crippen LogP contribution in [0.2, 0.25) is 0 Å². The smallest absolute Gasteiger partial charge is 0.214 e. The van der Waals surface area contributed by atoms with Crippen LogP contribution >= 0.6 is 11.6 Å². The molecule has 4 nitrogen and oxygen atoms in total. The van der Waals surface area contributed by atoms with Crippen molar-refractivity contribution in [2.45, 2.75) is 6.04 Å². The Labute approximate surface area is 100 Å². The van der Waals surface area contributed by atoms with E-state index in [0.717, 1.165) is 12.4 Å². The molecule has 1 saturated heterocycles. The highest BCUT2D eigenvalue weighted by Gasteiger charge is 2.23. The molecule has 0 radical (unpaired) electrons. The predicted octanol–water partition coefficient (Wildman–Crippen LogP) is 1.53. The topological polar surface area (TPSA) is 34.6 Å². The standard InChI is InChI=1S/C11H15ClN2O2/c1-15-11-4-2-3-10(13-11)14-5-6-16-8-9(14)7-12/h2-4,9H,5-8H2,1H3. The maximum atomic E-state index is 5.92. The molecule has 0 saturated carbocycles. The molecular weight excluding hydrogens is 228 g/mol. The summed E-state index contributed by atoms with van der Waals surface area (Å²) in [5.74, 6) is 2.06. The van der Waals surface area contributed by atoms with E-state index in [1.54, 1.807) is 7.11 Å². The Kier molecular flexibility index (Phi) is 3.85. The van der Waals surface area contributed by atoms with Gasteiger partial charge in [-0.1, -0.05) is 6.07 Å². The van der Waals surface area contributed by atoms with E-state index in [1.807, 2.05) is 18.2 Å². The summed E-state index contributed by atoms with van der Waals surface area (Å²) in [6, 6.07) is 5.92. The first-order chi connectivity index (χ1) is 7.85. The first kappa shape index (κ1) is 11.5. The summed E-state index contributed by atoms with van der Waals surface area (Å²) in [6.07, 6.45) is 0. The van der Waals surface area contributed by atoms with E-state index in [-0.39, 0.29) is 6.04 Å². The van der Waals surface area contributed by atoms with Gasteiger partial charge in [0.2, 0.25) is 5.88 Å². The van der Waals surface area contributed by atoms with Crippen molar-refractivity contribution in [3.05, 3.63) is 18.2 Å². The van der Waals surface area contributed by atoms with Crippen molar-refractivity contribution in [1.29, 1.82) is 0 Å². The number of nitrogens with zero attached hydrogens (tertiary/aromatic N) is 2. The second-order valence-electron chi connectivity index (χ2n) is 3.61. The van der Waals surface area contributed by atoms with Crippen LogP contribution in [0.4, 0.5) is 5.82 Å². The number of methoxy groups -OCH3 is 1. The number of aromatic nitrogens is 1. The fourth-order valence-electron chi connectivity index (χ4n) is 1.76. The van der Waals surface area contributed by atoms with Crippen LogP contribution < -0.4 is 9.64 Å². The van der Waals surface area contributed by atoms with Crippen molar-refractivity contribution in [2.24, 2.45) is 0 Å². The Hall–Kier alpha value is -1.00. The first-order valence-corrected chi connectivity index (χ1v) is 5.80. The molecule has 1 unspecified atom stereocenters. The Morgan fingerprint density at radius 3 is 3.25 bits per heavy atom. The number of rotatable bonds is 3. The Balaban J connectivity index is 2.20. The number of alkyl halides is 1. The Morgan fingerprint density at radius 1 is 1.62 bits per heavy atom. The summed E-state index contributed by atoms with van der Waals surface area (Å²) in [5, 5.41) is 0. The fourth-order valence-corrected chi connectivity index (χ4v) is 2.02. The summed E-state index contributed by atoms with van der Waals surface area (Å²) in [6.45, 7) is 2.19. The number of pyridine rings is 1. The van der Waals surface area contributed by atoms with E-state index in [0.29, 0.717) is 25.0 Å². The van der Waals surface area contributed by atoms with Gasteiger partial charge in [-0.3, -0.25) is 0 Å². The van der Waals surface area contributed by atoms with Crippen molar-refractivity contribution in [1.82, 2.24) is 4.98 Å². The molecule has 0 aromatic carbocycles. The zero-order chi connectivity index (χ0) is 11.4. The van der Waals surface area contributed by atoms with Crippen LogP contribution in [0.15, 0.2) is 18.2 Å². The number of anilines is 1. The van der Waals surface area contributed by atoms with Crippen LogP contribution in [-0.2, 0) is 4.74 Å². The van der Waals surface area contributed by atoms with Gasteiger partial charge in [0, 0.05) is 18.5 Å². The second kappa shape index (κ2) is 5.37. The lowest BCUT2D eigenvalue weighted by atomic mass is 10.2. The molecule has 1 aromatic heterocycles. The molecule has 2 heterocycles. The van der Waals surface area contributed by atoms with Gasteiger partial charge in [-0.2, -0.15) is 4.98 Å². The molecule has 2 rings (SSSR count). The summed E-state index contributed by atoms with van der Waals surface area (Å²) in [5.41, 5.74) is 0. The molecule has 0 aliphatic carbocycles. The van der Waals surface area contributed by atoms with E-state index in [9.17, 15) is 0 Å². The van der Waals surface area contributed by atoms with Gasteiger partial charge in [0.25, 0.3) is 0 Å². The summed E-state index contributed by atoms with van der Waals surface area (Å²) in [7, 11) is 1.62. The van der Waals surface area contributed by atoms with Crippen LogP contribution in [0, 0.1) is 0 Å². The molecular formula is C11H15ClN2O2. The zero-order valence-corrected chi connectivity index (χ0v) is 9.98. The minimum Gasteiger partial charge on any atom is -0.481 e. The minimum absolute atomic E-state index is 0.190. The summed E-state index contributed by atoms with van der Waals surface area (Å²) in [4.78, 5) is 6.57. The average Bonchev–Trinajstić information content (AvgIpc) is 2.38. The molecule has 1 aliphatic rings. The van der Waals surface area contributed by atoms with E-state index in [4.69, 9.17) is 21.1 Å². The highest BCUT2D eigenvalue weighted by Crippen LogP contribution is 2.20. The third-order valence-electron chi connectivity index (χ3n) is 2.62. The lowest BCUT2D eigenvalue weighted by Gasteiger charge is -2.35. The van der Waals surface area contributed by atoms with Crippen molar-refractivity contribution in [2.75, 3.05) is 37.6 Å². The first-order valence-electron chi connectivity index (χ1n) is 5.26. The lowest BCUT2D eigenvalue weighted by Crippen LogP contribution is -2.47. The van der Waals surface area contributed by atoms with Gasteiger partial charge in [0.15, 0.2) is 0 Å². The van der Waals surface area contributed by atoms with Crippen LogP contribution in [0.1, 0.15) is 0 Å². The van der Waals surface area contributed by atoms with Crippen molar-refractivity contribution in [3.63, 3.8) is 0 Å². The predicted molar refractivity (Wildman–Crippen MR) is 63.5 cm³/mol. The van der Waals surface area contributed by atoms with Gasteiger partial charge in [-0.15, -0.1) is 11.6 Å². The number of morpholine rings is 1. The van der Waals surface area contributed by atoms with Crippen molar-refractivity contribution in [3.8, 4) is 5.88 Å². The molecule has 0 bridgehead atoms. The number of ether oxygens (including phenoxy) is 2. The van der Waals surface area contributed by atoms with Crippen molar-refractivity contribution >= 4 is 17.4 Å². The molecule has 1 fully saturated rings. The van der Waals surface area contributed by atoms with Crippen LogP contribution in [0.3, 0.4) is 0 Å². The van der Waals surface area contributed by atoms with Crippen LogP contribution in [0.25, 0.3) is 0 Å². The van der Waals surface area contributed by atoms with E-state index in [2.05, 4.69) is 9.88 Å². The third kappa shape index (κ3) is 2.39.